The van der Waals surface area contributed by atoms with Crippen molar-refractivity contribution in [1.82, 2.24) is 5.32 Å². The van der Waals surface area contributed by atoms with Gasteiger partial charge in [-0.1, -0.05) is 26.2 Å². The van der Waals surface area contributed by atoms with Gasteiger partial charge in [-0.3, -0.25) is 0 Å². The molecular formula is C17H27NO. The van der Waals surface area contributed by atoms with Gasteiger partial charge in [0.2, 0.25) is 0 Å². The minimum Gasteiger partial charge on any atom is -0.469 e. The van der Waals surface area contributed by atoms with Crippen LogP contribution in [0.15, 0.2) is 16.7 Å². The van der Waals surface area contributed by atoms with Gasteiger partial charge in [0.1, 0.15) is 5.76 Å². The van der Waals surface area contributed by atoms with Crippen LogP contribution in [0.2, 0.25) is 0 Å². The van der Waals surface area contributed by atoms with E-state index >= 15 is 0 Å². The molecule has 0 radical (unpaired) electrons. The van der Waals surface area contributed by atoms with Crippen molar-refractivity contribution in [2.24, 2.45) is 11.8 Å². The van der Waals surface area contributed by atoms with Crippen LogP contribution < -0.4 is 5.32 Å². The summed E-state index contributed by atoms with van der Waals surface area (Å²) < 4.78 is 5.56. The van der Waals surface area contributed by atoms with Crippen LogP contribution in [0, 0.1) is 11.8 Å². The monoisotopic (exact) mass is 261 g/mol. The number of hydrogen-bond donors (Lipinski definition) is 1. The number of aryl methyl sites for hydroxylation is 1. The third-order valence-corrected chi connectivity index (χ3v) is 5.04. The van der Waals surface area contributed by atoms with Gasteiger partial charge in [-0.2, -0.15) is 0 Å². The lowest BCUT2D eigenvalue weighted by molar-refractivity contribution is 0.263. The van der Waals surface area contributed by atoms with E-state index in [1.54, 1.807) is 0 Å². The van der Waals surface area contributed by atoms with E-state index in [1.807, 2.05) is 6.26 Å². The summed E-state index contributed by atoms with van der Waals surface area (Å²) >= 11 is 0. The smallest absolute Gasteiger partial charge is 0.108 e. The summed E-state index contributed by atoms with van der Waals surface area (Å²) in [6, 6.07) is 2.71. The van der Waals surface area contributed by atoms with Crippen LogP contribution in [-0.2, 0) is 6.42 Å². The SMILES string of the molecule is CC1CCCC(CCNC2CCCc3occc32)C1. The Morgan fingerprint density at radius 3 is 3.11 bits per heavy atom. The van der Waals surface area contributed by atoms with E-state index in [2.05, 4.69) is 18.3 Å². The first-order valence-electron chi connectivity index (χ1n) is 8.12. The summed E-state index contributed by atoms with van der Waals surface area (Å²) in [4.78, 5) is 0. The van der Waals surface area contributed by atoms with Gasteiger partial charge >= 0.3 is 0 Å². The molecule has 1 aromatic rings. The third-order valence-electron chi connectivity index (χ3n) is 5.04. The molecule has 3 rings (SSSR count). The zero-order valence-corrected chi connectivity index (χ0v) is 12.2. The average molecular weight is 261 g/mol. The Labute approximate surface area is 117 Å². The van der Waals surface area contributed by atoms with E-state index in [4.69, 9.17) is 4.42 Å². The summed E-state index contributed by atoms with van der Waals surface area (Å²) in [6.45, 7) is 3.59. The van der Waals surface area contributed by atoms with Crippen molar-refractivity contribution in [2.75, 3.05) is 6.54 Å². The molecule has 3 atom stereocenters. The van der Waals surface area contributed by atoms with Crippen molar-refractivity contribution in [3.63, 3.8) is 0 Å². The molecule has 1 fully saturated rings. The molecule has 0 aromatic carbocycles. The van der Waals surface area contributed by atoms with Crippen LogP contribution in [-0.4, -0.2) is 6.54 Å². The van der Waals surface area contributed by atoms with E-state index in [1.165, 1.54) is 62.8 Å². The second kappa shape index (κ2) is 6.13. The molecule has 1 N–H and O–H groups in total. The Morgan fingerprint density at radius 1 is 1.26 bits per heavy atom. The molecule has 0 saturated heterocycles. The molecule has 106 valence electrons. The Bertz CT molecular complexity index is 398. The molecule has 2 nitrogen and oxygen atoms in total. The van der Waals surface area contributed by atoms with Crippen LogP contribution in [0.5, 0.6) is 0 Å². The highest BCUT2D eigenvalue weighted by molar-refractivity contribution is 5.23. The molecule has 1 aromatic heterocycles. The highest BCUT2D eigenvalue weighted by Gasteiger charge is 2.23. The molecule has 1 saturated carbocycles. The molecular weight excluding hydrogens is 234 g/mol. The molecule has 0 bridgehead atoms. The maximum atomic E-state index is 5.56. The van der Waals surface area contributed by atoms with E-state index in [0.717, 1.165) is 18.3 Å². The first-order chi connectivity index (χ1) is 9.33. The fourth-order valence-electron chi connectivity index (χ4n) is 3.98. The number of furan rings is 1. The number of rotatable bonds is 4. The van der Waals surface area contributed by atoms with Gasteiger partial charge in [0.25, 0.3) is 0 Å². The van der Waals surface area contributed by atoms with Gasteiger partial charge in [-0.15, -0.1) is 0 Å². The lowest BCUT2D eigenvalue weighted by Crippen LogP contribution is -2.27. The van der Waals surface area contributed by atoms with Crippen LogP contribution in [0.25, 0.3) is 0 Å². The van der Waals surface area contributed by atoms with Crippen molar-refractivity contribution in [3.05, 3.63) is 23.7 Å². The summed E-state index contributed by atoms with van der Waals surface area (Å²) in [5, 5.41) is 3.77. The Balaban J connectivity index is 1.46. The molecule has 19 heavy (non-hydrogen) atoms. The van der Waals surface area contributed by atoms with Crippen LogP contribution in [0.4, 0.5) is 0 Å². The number of hydrogen-bond acceptors (Lipinski definition) is 2. The molecule has 0 spiro atoms. The maximum absolute atomic E-state index is 5.56. The Kier molecular flexibility index (Phi) is 4.27. The topological polar surface area (TPSA) is 25.2 Å². The average Bonchev–Trinajstić information content (AvgIpc) is 2.88. The van der Waals surface area contributed by atoms with Gasteiger partial charge in [0, 0.05) is 18.0 Å². The Morgan fingerprint density at radius 2 is 2.21 bits per heavy atom. The fourth-order valence-corrected chi connectivity index (χ4v) is 3.98. The fraction of sp³-hybridized carbons (Fsp3) is 0.765. The van der Waals surface area contributed by atoms with Crippen molar-refractivity contribution in [1.29, 1.82) is 0 Å². The standard InChI is InChI=1S/C17H27NO/c1-13-4-2-5-14(12-13)8-10-18-16-6-3-7-17-15(16)9-11-19-17/h9,11,13-14,16,18H,2-8,10,12H2,1H3. The second-order valence-electron chi connectivity index (χ2n) is 6.62. The summed E-state index contributed by atoms with van der Waals surface area (Å²) in [6.07, 6.45) is 12.7. The maximum Gasteiger partial charge on any atom is 0.108 e. The summed E-state index contributed by atoms with van der Waals surface area (Å²) in [7, 11) is 0. The van der Waals surface area contributed by atoms with E-state index in [0.29, 0.717) is 6.04 Å². The van der Waals surface area contributed by atoms with Crippen LogP contribution in [0.3, 0.4) is 0 Å². The van der Waals surface area contributed by atoms with E-state index < -0.39 is 0 Å². The highest BCUT2D eigenvalue weighted by Crippen LogP contribution is 2.32. The highest BCUT2D eigenvalue weighted by atomic mass is 16.3. The van der Waals surface area contributed by atoms with Gasteiger partial charge in [0.05, 0.1) is 6.26 Å². The normalized spacial score (nSPS) is 31.1. The summed E-state index contributed by atoms with van der Waals surface area (Å²) in [5.74, 6) is 3.13. The van der Waals surface area contributed by atoms with E-state index in [-0.39, 0.29) is 0 Å². The van der Waals surface area contributed by atoms with E-state index in [9.17, 15) is 0 Å². The lowest BCUT2D eigenvalue weighted by atomic mass is 9.81. The zero-order valence-electron chi connectivity index (χ0n) is 12.2. The first kappa shape index (κ1) is 13.2. The first-order valence-corrected chi connectivity index (χ1v) is 8.12. The molecule has 2 heteroatoms. The Hall–Kier alpha value is -0.760. The predicted molar refractivity (Wildman–Crippen MR) is 78.1 cm³/mol. The van der Waals surface area contributed by atoms with Gasteiger partial charge in [0.15, 0.2) is 0 Å². The van der Waals surface area contributed by atoms with Crippen molar-refractivity contribution >= 4 is 0 Å². The minimum absolute atomic E-state index is 0.545. The van der Waals surface area contributed by atoms with Gasteiger partial charge < -0.3 is 9.73 Å². The van der Waals surface area contributed by atoms with Gasteiger partial charge in [-0.25, -0.2) is 0 Å². The molecule has 2 aliphatic rings. The van der Waals surface area contributed by atoms with Crippen molar-refractivity contribution in [3.8, 4) is 0 Å². The van der Waals surface area contributed by atoms with Crippen molar-refractivity contribution < 1.29 is 4.42 Å². The molecule has 0 amide bonds. The summed E-state index contributed by atoms with van der Waals surface area (Å²) in [5.41, 5.74) is 1.42. The third kappa shape index (κ3) is 3.22. The molecule has 0 aliphatic heterocycles. The number of fused-ring (bicyclic) bond motifs is 1. The molecule has 1 heterocycles. The van der Waals surface area contributed by atoms with Crippen LogP contribution >= 0.6 is 0 Å². The number of nitrogens with one attached hydrogen (secondary N) is 1. The van der Waals surface area contributed by atoms with Gasteiger partial charge in [-0.05, 0) is 50.1 Å². The molecule has 3 unspecified atom stereocenters. The largest absolute Gasteiger partial charge is 0.469 e. The minimum atomic E-state index is 0.545. The van der Waals surface area contributed by atoms with Crippen molar-refractivity contribution in [2.45, 2.75) is 64.3 Å². The van der Waals surface area contributed by atoms with Crippen LogP contribution in [0.1, 0.15) is 69.2 Å². The molecule has 2 aliphatic carbocycles. The lowest BCUT2D eigenvalue weighted by Gasteiger charge is -2.28. The zero-order chi connectivity index (χ0) is 13.1. The second-order valence-corrected chi connectivity index (χ2v) is 6.62. The predicted octanol–water partition coefficient (Wildman–Crippen LogP) is 4.46. The quantitative estimate of drug-likeness (QED) is 0.865.